The number of aliphatic hydroxyl groups excluding tert-OH is 1. The SMILES string of the molecule is COC(=O)[C@H](O)[C@@H](Sc1c(N)ccc2ccccc12)c1ccc(OC)cc1. The smallest absolute Gasteiger partial charge is 0.336 e. The normalized spacial score (nSPS) is 13.1. The van der Waals surface area contributed by atoms with Crippen molar-refractivity contribution in [2.75, 3.05) is 20.0 Å². The lowest BCUT2D eigenvalue weighted by atomic mass is 10.1. The molecule has 27 heavy (non-hydrogen) atoms. The third-order valence-electron chi connectivity index (χ3n) is 4.33. The van der Waals surface area contributed by atoms with Crippen molar-refractivity contribution in [2.24, 2.45) is 0 Å². The molecule has 3 aromatic rings. The number of hydrogen-bond acceptors (Lipinski definition) is 6. The van der Waals surface area contributed by atoms with Crippen LogP contribution in [0.3, 0.4) is 0 Å². The maximum absolute atomic E-state index is 12.0. The quantitative estimate of drug-likeness (QED) is 0.383. The Bertz CT molecular complexity index is 943. The molecule has 0 aromatic heterocycles. The van der Waals surface area contributed by atoms with Gasteiger partial charge >= 0.3 is 5.97 Å². The summed E-state index contributed by atoms with van der Waals surface area (Å²) < 4.78 is 9.95. The Labute approximate surface area is 162 Å². The Morgan fingerprint density at radius 1 is 1.04 bits per heavy atom. The molecule has 0 bridgehead atoms. The van der Waals surface area contributed by atoms with E-state index in [4.69, 9.17) is 15.2 Å². The van der Waals surface area contributed by atoms with Crippen LogP contribution in [0, 0.1) is 0 Å². The van der Waals surface area contributed by atoms with E-state index in [1.165, 1.54) is 18.9 Å². The third-order valence-corrected chi connectivity index (χ3v) is 5.80. The molecule has 0 aliphatic carbocycles. The molecule has 140 valence electrons. The zero-order valence-corrected chi connectivity index (χ0v) is 15.9. The van der Waals surface area contributed by atoms with Crippen LogP contribution in [-0.4, -0.2) is 31.4 Å². The van der Waals surface area contributed by atoms with Crippen LogP contribution in [0.4, 0.5) is 5.69 Å². The van der Waals surface area contributed by atoms with Crippen molar-refractivity contribution in [3.63, 3.8) is 0 Å². The van der Waals surface area contributed by atoms with Gasteiger partial charge in [0.05, 0.1) is 19.5 Å². The molecule has 3 aromatic carbocycles. The van der Waals surface area contributed by atoms with Crippen molar-refractivity contribution < 1.29 is 19.4 Å². The van der Waals surface area contributed by atoms with E-state index in [2.05, 4.69) is 0 Å². The number of ether oxygens (including phenoxy) is 2. The lowest BCUT2D eigenvalue weighted by Crippen LogP contribution is -2.27. The van der Waals surface area contributed by atoms with E-state index < -0.39 is 17.3 Å². The predicted molar refractivity (Wildman–Crippen MR) is 108 cm³/mol. The average Bonchev–Trinajstić information content (AvgIpc) is 2.72. The minimum absolute atomic E-state index is 0.587. The zero-order chi connectivity index (χ0) is 19.4. The number of hydrogen-bond donors (Lipinski definition) is 2. The van der Waals surface area contributed by atoms with E-state index in [1.54, 1.807) is 19.2 Å². The summed E-state index contributed by atoms with van der Waals surface area (Å²) in [5, 5.41) is 12.0. The molecule has 0 radical (unpaired) electrons. The number of esters is 1. The van der Waals surface area contributed by atoms with Crippen LogP contribution in [0.25, 0.3) is 10.8 Å². The number of anilines is 1. The fourth-order valence-corrected chi connectivity index (χ4v) is 4.18. The molecule has 0 aliphatic heterocycles. The molecule has 0 unspecified atom stereocenters. The summed E-state index contributed by atoms with van der Waals surface area (Å²) in [5.74, 6) is 0.00172. The van der Waals surface area contributed by atoms with E-state index in [0.29, 0.717) is 11.4 Å². The molecule has 3 rings (SSSR count). The maximum Gasteiger partial charge on any atom is 0.336 e. The molecule has 0 spiro atoms. The summed E-state index contributed by atoms with van der Waals surface area (Å²) in [7, 11) is 2.84. The number of carbonyl (C=O) groups is 1. The number of nitrogens with two attached hydrogens (primary N) is 1. The Kier molecular flexibility index (Phi) is 5.88. The second kappa shape index (κ2) is 8.33. The van der Waals surface area contributed by atoms with Gasteiger partial charge in [-0.15, -0.1) is 11.8 Å². The van der Waals surface area contributed by atoms with Crippen LogP contribution in [0.15, 0.2) is 65.6 Å². The summed E-state index contributed by atoms with van der Waals surface area (Å²) in [6.45, 7) is 0. The Morgan fingerprint density at radius 3 is 2.41 bits per heavy atom. The summed E-state index contributed by atoms with van der Waals surface area (Å²) in [5.41, 5.74) is 7.59. The van der Waals surface area contributed by atoms with E-state index in [0.717, 1.165) is 21.2 Å². The lowest BCUT2D eigenvalue weighted by Gasteiger charge is -2.23. The highest BCUT2D eigenvalue weighted by atomic mass is 32.2. The monoisotopic (exact) mass is 383 g/mol. The van der Waals surface area contributed by atoms with Gasteiger partial charge in [-0.3, -0.25) is 0 Å². The van der Waals surface area contributed by atoms with Gasteiger partial charge in [0.25, 0.3) is 0 Å². The second-order valence-corrected chi connectivity index (χ2v) is 7.14. The van der Waals surface area contributed by atoms with Gasteiger partial charge in [-0.2, -0.15) is 0 Å². The second-order valence-electron chi connectivity index (χ2n) is 5.98. The summed E-state index contributed by atoms with van der Waals surface area (Å²) in [6.07, 6.45) is -1.34. The molecule has 3 N–H and O–H groups in total. The molecule has 0 saturated carbocycles. The molecule has 0 saturated heterocycles. The van der Waals surface area contributed by atoms with Crippen LogP contribution in [0.5, 0.6) is 5.75 Å². The maximum atomic E-state index is 12.0. The molecule has 0 heterocycles. The van der Waals surface area contributed by atoms with Gasteiger partial charge in [-0.25, -0.2) is 4.79 Å². The topological polar surface area (TPSA) is 81.8 Å². The Balaban J connectivity index is 2.06. The Morgan fingerprint density at radius 2 is 1.74 bits per heavy atom. The van der Waals surface area contributed by atoms with Crippen molar-refractivity contribution in [1.82, 2.24) is 0 Å². The van der Waals surface area contributed by atoms with E-state index in [1.807, 2.05) is 48.5 Å². The van der Waals surface area contributed by atoms with Gasteiger partial charge in [0.2, 0.25) is 0 Å². The number of thioether (sulfide) groups is 1. The van der Waals surface area contributed by atoms with Gasteiger partial charge < -0.3 is 20.3 Å². The van der Waals surface area contributed by atoms with Gasteiger partial charge in [-0.05, 0) is 34.5 Å². The highest BCUT2D eigenvalue weighted by Crippen LogP contribution is 2.44. The molecule has 6 heteroatoms. The van der Waals surface area contributed by atoms with E-state index in [-0.39, 0.29) is 0 Å². The molecule has 2 atom stereocenters. The molecule has 0 aliphatic rings. The fraction of sp³-hybridized carbons (Fsp3) is 0.190. The highest BCUT2D eigenvalue weighted by Gasteiger charge is 2.30. The molecule has 5 nitrogen and oxygen atoms in total. The number of rotatable bonds is 6. The first kappa shape index (κ1) is 19.1. The number of nitrogen functional groups attached to an aromatic ring is 1. The number of fused-ring (bicyclic) bond motifs is 1. The molecular formula is C21H21NO4S. The van der Waals surface area contributed by atoms with Crippen LogP contribution in [-0.2, 0) is 9.53 Å². The minimum Gasteiger partial charge on any atom is -0.497 e. The van der Waals surface area contributed by atoms with Crippen LogP contribution in [0.1, 0.15) is 10.8 Å². The summed E-state index contributed by atoms with van der Waals surface area (Å²) in [4.78, 5) is 12.9. The van der Waals surface area contributed by atoms with Crippen LogP contribution in [0.2, 0.25) is 0 Å². The Hall–Kier alpha value is -2.70. The minimum atomic E-state index is -1.34. The van der Waals surface area contributed by atoms with E-state index >= 15 is 0 Å². The summed E-state index contributed by atoms with van der Waals surface area (Å²) in [6, 6.07) is 18.9. The highest BCUT2D eigenvalue weighted by molar-refractivity contribution is 8.00. The first-order chi connectivity index (χ1) is 13.0. The predicted octanol–water partition coefficient (Wildman–Crippen LogP) is 3.80. The first-order valence-electron chi connectivity index (χ1n) is 8.39. The van der Waals surface area contributed by atoms with Gasteiger partial charge in [-0.1, -0.05) is 42.5 Å². The van der Waals surface area contributed by atoms with Gasteiger partial charge in [0.15, 0.2) is 6.10 Å². The molecular weight excluding hydrogens is 362 g/mol. The molecule has 0 amide bonds. The lowest BCUT2D eigenvalue weighted by molar-refractivity contribution is -0.150. The molecule has 0 fully saturated rings. The zero-order valence-electron chi connectivity index (χ0n) is 15.1. The van der Waals surface area contributed by atoms with Gasteiger partial charge in [0.1, 0.15) is 5.75 Å². The number of methoxy groups -OCH3 is 2. The average molecular weight is 383 g/mol. The first-order valence-corrected chi connectivity index (χ1v) is 9.27. The van der Waals surface area contributed by atoms with Crippen molar-refractivity contribution in [3.05, 3.63) is 66.2 Å². The van der Waals surface area contributed by atoms with Crippen molar-refractivity contribution >= 4 is 34.2 Å². The third kappa shape index (κ3) is 4.02. The standard InChI is InChI=1S/C21H21NO4S/c1-25-15-10-7-14(8-11-15)19(18(23)21(24)26-2)27-20-16-6-4-3-5-13(16)9-12-17(20)22/h3-12,18-19,23H,22H2,1-2H3/t18-,19+/m1/s1. The van der Waals surface area contributed by atoms with Crippen LogP contribution < -0.4 is 10.5 Å². The number of benzene rings is 3. The van der Waals surface area contributed by atoms with Crippen molar-refractivity contribution in [1.29, 1.82) is 0 Å². The summed E-state index contributed by atoms with van der Waals surface area (Å²) >= 11 is 1.35. The van der Waals surface area contributed by atoms with Gasteiger partial charge in [0, 0.05) is 10.6 Å². The van der Waals surface area contributed by atoms with E-state index in [9.17, 15) is 9.90 Å². The number of aliphatic hydroxyl groups is 1. The largest absolute Gasteiger partial charge is 0.497 e. The fourth-order valence-electron chi connectivity index (χ4n) is 2.87. The van der Waals surface area contributed by atoms with Crippen molar-refractivity contribution in [3.8, 4) is 5.75 Å². The van der Waals surface area contributed by atoms with Crippen LogP contribution >= 0.6 is 11.8 Å². The van der Waals surface area contributed by atoms with Crippen molar-refractivity contribution in [2.45, 2.75) is 16.2 Å². The number of carbonyl (C=O) groups excluding carboxylic acids is 1.